The third kappa shape index (κ3) is 6.58. The van der Waals surface area contributed by atoms with Gasteiger partial charge < -0.3 is 19.3 Å². The number of aromatic nitrogens is 1. The van der Waals surface area contributed by atoms with Crippen LogP contribution in [-0.4, -0.2) is 16.1 Å². The van der Waals surface area contributed by atoms with Crippen LogP contribution in [0.2, 0.25) is 0 Å². The maximum atomic E-state index is 11.0. The minimum Gasteiger partial charge on any atom is -0.489 e. The molecule has 0 fully saturated rings. The van der Waals surface area contributed by atoms with Crippen LogP contribution in [0.5, 0.6) is 17.4 Å². The van der Waals surface area contributed by atoms with Crippen molar-refractivity contribution in [1.82, 2.24) is 4.98 Å². The smallest absolute Gasteiger partial charge is 0.337 e. The van der Waals surface area contributed by atoms with Gasteiger partial charge >= 0.3 is 5.97 Å². The van der Waals surface area contributed by atoms with Crippen molar-refractivity contribution in [2.45, 2.75) is 19.8 Å². The number of benzene rings is 3. The molecule has 1 heterocycles. The van der Waals surface area contributed by atoms with E-state index in [9.17, 15) is 4.79 Å². The van der Waals surface area contributed by atoms with Gasteiger partial charge in [0.2, 0.25) is 5.88 Å². The fourth-order valence-electron chi connectivity index (χ4n) is 3.11. The SMILES string of the molecule is O=C(O)c1ccc(OCc2cc(OCc3ccccc3)cc(OCc3ccccc3)c2)nc1. The van der Waals surface area contributed by atoms with Crippen LogP contribution < -0.4 is 14.2 Å². The highest BCUT2D eigenvalue weighted by molar-refractivity contribution is 5.87. The molecule has 6 nitrogen and oxygen atoms in total. The van der Waals surface area contributed by atoms with Crippen LogP contribution in [-0.2, 0) is 19.8 Å². The minimum atomic E-state index is -1.03. The highest BCUT2D eigenvalue weighted by Gasteiger charge is 2.08. The van der Waals surface area contributed by atoms with Crippen molar-refractivity contribution in [2.75, 3.05) is 0 Å². The highest BCUT2D eigenvalue weighted by atomic mass is 16.5. The average molecular weight is 441 g/mol. The lowest BCUT2D eigenvalue weighted by Crippen LogP contribution is -2.02. The molecule has 1 aromatic heterocycles. The summed E-state index contributed by atoms with van der Waals surface area (Å²) in [5, 5.41) is 9.00. The van der Waals surface area contributed by atoms with Crippen molar-refractivity contribution >= 4 is 5.97 Å². The predicted octanol–water partition coefficient (Wildman–Crippen LogP) is 5.52. The maximum Gasteiger partial charge on any atom is 0.337 e. The summed E-state index contributed by atoms with van der Waals surface area (Å²) in [4.78, 5) is 15.0. The van der Waals surface area contributed by atoms with E-state index < -0.39 is 5.97 Å². The van der Waals surface area contributed by atoms with Gasteiger partial charge in [0.25, 0.3) is 0 Å². The van der Waals surface area contributed by atoms with E-state index in [1.54, 1.807) is 0 Å². The Bertz CT molecular complexity index is 1120. The molecule has 166 valence electrons. The lowest BCUT2D eigenvalue weighted by Gasteiger charge is -2.13. The fraction of sp³-hybridized carbons (Fsp3) is 0.111. The normalized spacial score (nSPS) is 10.4. The number of carbonyl (C=O) groups is 1. The number of pyridine rings is 1. The minimum absolute atomic E-state index is 0.107. The largest absolute Gasteiger partial charge is 0.489 e. The molecule has 4 aromatic rings. The number of carboxylic acids is 1. The van der Waals surface area contributed by atoms with Gasteiger partial charge in [-0.1, -0.05) is 60.7 Å². The molecule has 33 heavy (non-hydrogen) atoms. The molecule has 4 rings (SSSR count). The molecule has 0 amide bonds. The molecule has 0 aliphatic carbocycles. The van der Waals surface area contributed by atoms with Crippen LogP contribution in [0.15, 0.2) is 97.2 Å². The standard InChI is InChI=1S/C27H23NO5/c29-27(30)23-11-12-26(28-16-23)33-19-22-13-24(31-17-20-7-3-1-4-8-20)15-25(14-22)32-18-21-9-5-2-6-10-21/h1-16H,17-19H2,(H,29,30). The van der Waals surface area contributed by atoms with Gasteiger partial charge in [-0.2, -0.15) is 0 Å². The molecule has 0 unspecified atom stereocenters. The van der Waals surface area contributed by atoms with Crippen LogP contribution in [0.1, 0.15) is 27.0 Å². The number of hydrogen-bond donors (Lipinski definition) is 1. The Morgan fingerprint density at radius 2 is 1.21 bits per heavy atom. The van der Waals surface area contributed by atoms with E-state index in [0.717, 1.165) is 16.7 Å². The molecule has 0 aliphatic heterocycles. The number of rotatable bonds is 10. The second-order valence-corrected chi connectivity index (χ2v) is 7.34. The molecule has 0 spiro atoms. The van der Waals surface area contributed by atoms with Crippen molar-refractivity contribution in [2.24, 2.45) is 0 Å². The van der Waals surface area contributed by atoms with Crippen molar-refractivity contribution in [3.05, 3.63) is 119 Å². The second-order valence-electron chi connectivity index (χ2n) is 7.34. The number of ether oxygens (including phenoxy) is 3. The predicted molar refractivity (Wildman–Crippen MR) is 124 cm³/mol. The fourth-order valence-corrected chi connectivity index (χ4v) is 3.11. The summed E-state index contributed by atoms with van der Waals surface area (Å²) in [6.45, 7) is 1.09. The number of hydrogen-bond acceptors (Lipinski definition) is 5. The molecule has 1 N–H and O–H groups in total. The van der Waals surface area contributed by atoms with Gasteiger partial charge in [0, 0.05) is 18.3 Å². The third-order valence-electron chi connectivity index (χ3n) is 4.81. The van der Waals surface area contributed by atoms with Crippen LogP contribution in [0.25, 0.3) is 0 Å². The molecular formula is C27H23NO5. The summed E-state index contributed by atoms with van der Waals surface area (Å²) in [6, 6.07) is 28.5. The highest BCUT2D eigenvalue weighted by Crippen LogP contribution is 2.26. The summed E-state index contributed by atoms with van der Waals surface area (Å²) in [6.07, 6.45) is 1.27. The van der Waals surface area contributed by atoms with Crippen molar-refractivity contribution in [1.29, 1.82) is 0 Å². The first-order valence-electron chi connectivity index (χ1n) is 10.5. The molecule has 3 aromatic carbocycles. The van der Waals surface area contributed by atoms with E-state index in [1.807, 2.05) is 78.9 Å². The van der Waals surface area contributed by atoms with E-state index in [0.29, 0.717) is 30.6 Å². The van der Waals surface area contributed by atoms with Gasteiger partial charge in [-0.25, -0.2) is 9.78 Å². The summed E-state index contributed by atoms with van der Waals surface area (Å²) < 4.78 is 17.8. The molecular weight excluding hydrogens is 418 g/mol. The van der Waals surface area contributed by atoms with Gasteiger partial charge in [0.1, 0.15) is 31.3 Å². The topological polar surface area (TPSA) is 77.9 Å². The number of aromatic carboxylic acids is 1. The first-order valence-corrected chi connectivity index (χ1v) is 10.5. The van der Waals surface area contributed by atoms with Gasteiger partial charge in [-0.3, -0.25) is 0 Å². The van der Waals surface area contributed by atoms with Crippen molar-refractivity contribution < 1.29 is 24.1 Å². The first kappa shape index (κ1) is 21.9. The van der Waals surface area contributed by atoms with Gasteiger partial charge in [-0.15, -0.1) is 0 Å². The molecule has 0 atom stereocenters. The zero-order chi connectivity index (χ0) is 22.9. The van der Waals surface area contributed by atoms with E-state index in [1.165, 1.54) is 18.3 Å². The maximum absolute atomic E-state index is 11.0. The summed E-state index contributed by atoms with van der Waals surface area (Å²) >= 11 is 0. The molecule has 0 aliphatic rings. The van der Waals surface area contributed by atoms with Gasteiger partial charge in [-0.05, 0) is 34.9 Å². The van der Waals surface area contributed by atoms with E-state index >= 15 is 0 Å². The quantitative estimate of drug-likeness (QED) is 0.349. The summed E-state index contributed by atoms with van der Waals surface area (Å²) in [5.74, 6) is 0.634. The van der Waals surface area contributed by atoms with E-state index in [2.05, 4.69) is 4.98 Å². The average Bonchev–Trinajstić information content (AvgIpc) is 2.86. The number of carboxylic acid groups (broad SMARTS) is 1. The zero-order valence-electron chi connectivity index (χ0n) is 17.9. The summed E-state index contributed by atoms with van der Waals surface area (Å²) in [7, 11) is 0. The Hall–Kier alpha value is -4.32. The number of nitrogens with zero attached hydrogens (tertiary/aromatic N) is 1. The molecule has 6 heteroatoms. The Morgan fingerprint density at radius 3 is 1.70 bits per heavy atom. The Kier molecular flexibility index (Phi) is 7.18. The molecule has 0 saturated carbocycles. The van der Waals surface area contributed by atoms with Crippen molar-refractivity contribution in [3.8, 4) is 17.4 Å². The Balaban J connectivity index is 1.47. The van der Waals surface area contributed by atoms with Gasteiger partial charge in [0.05, 0.1) is 5.56 Å². The molecule has 0 bridgehead atoms. The Labute approximate surface area is 192 Å². The molecule has 0 radical (unpaired) electrons. The van der Waals surface area contributed by atoms with Crippen molar-refractivity contribution in [3.63, 3.8) is 0 Å². The second kappa shape index (κ2) is 10.8. The Morgan fingerprint density at radius 1 is 0.667 bits per heavy atom. The lowest BCUT2D eigenvalue weighted by atomic mass is 10.2. The zero-order valence-corrected chi connectivity index (χ0v) is 17.9. The van der Waals surface area contributed by atoms with E-state index in [4.69, 9.17) is 19.3 Å². The van der Waals surface area contributed by atoms with Crippen LogP contribution in [0.4, 0.5) is 0 Å². The summed E-state index contributed by atoms with van der Waals surface area (Å²) in [5.41, 5.74) is 3.07. The third-order valence-corrected chi connectivity index (χ3v) is 4.81. The van der Waals surface area contributed by atoms with Gasteiger partial charge in [0.15, 0.2) is 0 Å². The van der Waals surface area contributed by atoms with Crippen LogP contribution in [0, 0.1) is 0 Å². The monoisotopic (exact) mass is 441 g/mol. The lowest BCUT2D eigenvalue weighted by molar-refractivity contribution is 0.0696. The molecule has 0 saturated heterocycles. The van der Waals surface area contributed by atoms with Crippen LogP contribution >= 0.6 is 0 Å². The van der Waals surface area contributed by atoms with Crippen LogP contribution in [0.3, 0.4) is 0 Å². The van der Waals surface area contributed by atoms with E-state index in [-0.39, 0.29) is 12.2 Å². The first-order chi connectivity index (χ1) is 16.2.